The SMILES string of the molecule is CC.CC(=O)c1ccc(Oc2ccccc2)cc1. The Morgan fingerprint density at radius 2 is 1.33 bits per heavy atom. The highest BCUT2D eigenvalue weighted by atomic mass is 16.5. The van der Waals surface area contributed by atoms with Crippen molar-refractivity contribution in [2.24, 2.45) is 0 Å². The van der Waals surface area contributed by atoms with E-state index in [-0.39, 0.29) is 5.78 Å². The van der Waals surface area contributed by atoms with E-state index >= 15 is 0 Å². The van der Waals surface area contributed by atoms with Gasteiger partial charge in [0.2, 0.25) is 0 Å². The first-order valence-electron chi connectivity index (χ1n) is 6.09. The molecule has 0 aliphatic carbocycles. The molecular weight excluding hydrogens is 224 g/mol. The second kappa shape index (κ2) is 7.28. The maximum absolute atomic E-state index is 11.1. The fraction of sp³-hybridized carbons (Fsp3) is 0.188. The van der Waals surface area contributed by atoms with Gasteiger partial charge < -0.3 is 4.74 Å². The number of carbonyl (C=O) groups is 1. The van der Waals surface area contributed by atoms with Crippen LogP contribution in [0.4, 0.5) is 0 Å². The summed E-state index contributed by atoms with van der Waals surface area (Å²) < 4.78 is 5.60. The molecule has 2 heteroatoms. The van der Waals surface area contributed by atoms with Crippen molar-refractivity contribution < 1.29 is 9.53 Å². The number of para-hydroxylation sites is 1. The van der Waals surface area contributed by atoms with Gasteiger partial charge in [0.1, 0.15) is 11.5 Å². The molecule has 0 N–H and O–H groups in total. The van der Waals surface area contributed by atoms with E-state index in [4.69, 9.17) is 4.74 Å². The number of benzene rings is 2. The monoisotopic (exact) mass is 242 g/mol. The average molecular weight is 242 g/mol. The van der Waals surface area contributed by atoms with Crippen LogP contribution in [0.25, 0.3) is 0 Å². The third-order valence-corrected chi connectivity index (χ3v) is 2.24. The molecule has 0 saturated heterocycles. The Labute approximate surface area is 108 Å². The molecule has 2 aromatic carbocycles. The first-order valence-corrected chi connectivity index (χ1v) is 6.09. The molecule has 0 saturated carbocycles. The highest BCUT2D eigenvalue weighted by Gasteiger charge is 2.00. The van der Waals surface area contributed by atoms with Gasteiger partial charge in [-0.05, 0) is 43.3 Å². The Morgan fingerprint density at radius 3 is 1.83 bits per heavy atom. The molecule has 2 nitrogen and oxygen atoms in total. The molecule has 0 radical (unpaired) electrons. The van der Waals surface area contributed by atoms with Crippen LogP contribution in [0.5, 0.6) is 11.5 Å². The van der Waals surface area contributed by atoms with Crippen molar-refractivity contribution in [3.05, 3.63) is 60.2 Å². The highest BCUT2D eigenvalue weighted by molar-refractivity contribution is 5.94. The second-order valence-electron chi connectivity index (χ2n) is 3.50. The Kier molecular flexibility index (Phi) is 5.65. The lowest BCUT2D eigenvalue weighted by Gasteiger charge is -2.05. The number of ether oxygens (including phenoxy) is 1. The summed E-state index contributed by atoms with van der Waals surface area (Å²) in [5, 5.41) is 0. The number of carbonyl (C=O) groups excluding carboxylic acids is 1. The van der Waals surface area contributed by atoms with E-state index in [1.54, 1.807) is 31.2 Å². The average Bonchev–Trinajstić information content (AvgIpc) is 2.43. The molecule has 0 amide bonds. The van der Waals surface area contributed by atoms with Crippen molar-refractivity contribution in [1.29, 1.82) is 0 Å². The van der Waals surface area contributed by atoms with E-state index in [1.165, 1.54) is 0 Å². The summed E-state index contributed by atoms with van der Waals surface area (Å²) in [6.07, 6.45) is 0. The number of hydrogen-bond acceptors (Lipinski definition) is 2. The van der Waals surface area contributed by atoms with E-state index in [0.717, 1.165) is 11.5 Å². The fourth-order valence-electron chi connectivity index (χ4n) is 1.38. The summed E-state index contributed by atoms with van der Waals surface area (Å²) in [4.78, 5) is 11.1. The normalized spacial score (nSPS) is 9.06. The predicted octanol–water partition coefficient (Wildman–Crippen LogP) is 4.71. The molecule has 0 fully saturated rings. The summed E-state index contributed by atoms with van der Waals surface area (Å²) in [7, 11) is 0. The van der Waals surface area contributed by atoms with Gasteiger partial charge in [0.05, 0.1) is 0 Å². The highest BCUT2D eigenvalue weighted by Crippen LogP contribution is 2.21. The molecule has 94 valence electrons. The molecule has 0 atom stereocenters. The van der Waals surface area contributed by atoms with E-state index in [9.17, 15) is 4.79 Å². The Balaban J connectivity index is 0.000000771. The van der Waals surface area contributed by atoms with Crippen molar-refractivity contribution in [2.45, 2.75) is 20.8 Å². The van der Waals surface area contributed by atoms with Gasteiger partial charge >= 0.3 is 0 Å². The molecule has 0 aliphatic heterocycles. The zero-order valence-corrected chi connectivity index (χ0v) is 11.0. The standard InChI is InChI=1S/C14H12O2.C2H6/c1-11(15)12-7-9-14(10-8-12)16-13-5-3-2-4-6-13;1-2/h2-10H,1H3;1-2H3. The van der Waals surface area contributed by atoms with Crippen LogP contribution in [0, 0.1) is 0 Å². The maximum Gasteiger partial charge on any atom is 0.159 e. The number of rotatable bonds is 3. The van der Waals surface area contributed by atoms with Crippen LogP contribution >= 0.6 is 0 Å². The molecule has 18 heavy (non-hydrogen) atoms. The lowest BCUT2D eigenvalue weighted by molar-refractivity contribution is 0.101. The van der Waals surface area contributed by atoms with Crippen molar-refractivity contribution in [2.75, 3.05) is 0 Å². The first kappa shape index (κ1) is 14.0. The summed E-state index contributed by atoms with van der Waals surface area (Å²) >= 11 is 0. The van der Waals surface area contributed by atoms with Crippen LogP contribution in [0.2, 0.25) is 0 Å². The molecule has 0 heterocycles. The van der Waals surface area contributed by atoms with Gasteiger partial charge in [0.15, 0.2) is 5.78 Å². The number of Topliss-reactive ketones (excluding diaryl/α,β-unsaturated/α-hetero) is 1. The van der Waals surface area contributed by atoms with Crippen molar-refractivity contribution >= 4 is 5.78 Å². The molecule has 2 rings (SSSR count). The lowest BCUT2D eigenvalue weighted by atomic mass is 10.1. The van der Waals surface area contributed by atoms with Gasteiger partial charge in [-0.15, -0.1) is 0 Å². The van der Waals surface area contributed by atoms with Crippen LogP contribution < -0.4 is 4.74 Å². The summed E-state index contributed by atoms with van der Waals surface area (Å²) in [5.74, 6) is 1.58. The summed E-state index contributed by atoms with van der Waals surface area (Å²) in [6, 6.07) is 16.7. The third kappa shape index (κ3) is 4.06. The maximum atomic E-state index is 11.1. The lowest BCUT2D eigenvalue weighted by Crippen LogP contribution is -1.91. The van der Waals surface area contributed by atoms with Crippen molar-refractivity contribution in [1.82, 2.24) is 0 Å². The zero-order valence-electron chi connectivity index (χ0n) is 11.0. The Morgan fingerprint density at radius 1 is 0.833 bits per heavy atom. The molecule has 0 aromatic heterocycles. The van der Waals surface area contributed by atoms with Gasteiger partial charge in [-0.3, -0.25) is 4.79 Å². The predicted molar refractivity (Wildman–Crippen MR) is 74.3 cm³/mol. The Bertz CT molecular complexity index is 472. The van der Waals surface area contributed by atoms with E-state index in [1.807, 2.05) is 44.2 Å². The molecule has 2 aromatic rings. The third-order valence-electron chi connectivity index (χ3n) is 2.24. The topological polar surface area (TPSA) is 26.3 Å². The fourth-order valence-corrected chi connectivity index (χ4v) is 1.38. The molecule has 0 unspecified atom stereocenters. The van der Waals surface area contributed by atoms with Crippen LogP contribution in [0.3, 0.4) is 0 Å². The quantitative estimate of drug-likeness (QED) is 0.729. The van der Waals surface area contributed by atoms with Gasteiger partial charge in [-0.2, -0.15) is 0 Å². The van der Waals surface area contributed by atoms with E-state index in [2.05, 4.69) is 0 Å². The van der Waals surface area contributed by atoms with Gasteiger partial charge in [0.25, 0.3) is 0 Å². The van der Waals surface area contributed by atoms with Gasteiger partial charge in [-0.1, -0.05) is 32.0 Å². The smallest absolute Gasteiger partial charge is 0.159 e. The largest absolute Gasteiger partial charge is 0.457 e. The van der Waals surface area contributed by atoms with Crippen LogP contribution in [-0.4, -0.2) is 5.78 Å². The van der Waals surface area contributed by atoms with Crippen LogP contribution in [0.1, 0.15) is 31.1 Å². The minimum absolute atomic E-state index is 0.0614. The molecule has 0 bridgehead atoms. The minimum Gasteiger partial charge on any atom is -0.457 e. The van der Waals surface area contributed by atoms with Crippen LogP contribution in [-0.2, 0) is 0 Å². The summed E-state index contributed by atoms with van der Waals surface area (Å²) in [6.45, 7) is 5.55. The minimum atomic E-state index is 0.0614. The van der Waals surface area contributed by atoms with Gasteiger partial charge in [-0.25, -0.2) is 0 Å². The van der Waals surface area contributed by atoms with Crippen molar-refractivity contribution in [3.8, 4) is 11.5 Å². The van der Waals surface area contributed by atoms with Crippen LogP contribution in [0.15, 0.2) is 54.6 Å². The second-order valence-corrected chi connectivity index (χ2v) is 3.50. The van der Waals surface area contributed by atoms with E-state index in [0.29, 0.717) is 5.56 Å². The Hall–Kier alpha value is -2.09. The number of ketones is 1. The molecular formula is C16H18O2. The molecule has 0 spiro atoms. The number of hydrogen-bond donors (Lipinski definition) is 0. The molecule has 0 aliphatic rings. The van der Waals surface area contributed by atoms with Gasteiger partial charge in [0, 0.05) is 5.56 Å². The van der Waals surface area contributed by atoms with Crippen molar-refractivity contribution in [3.63, 3.8) is 0 Å². The summed E-state index contributed by atoms with van der Waals surface area (Å²) in [5.41, 5.74) is 0.695. The first-order chi connectivity index (χ1) is 8.75. The van der Waals surface area contributed by atoms with E-state index < -0.39 is 0 Å². The zero-order chi connectivity index (χ0) is 13.4.